The molecule has 1 aromatic heterocycles. The van der Waals surface area contributed by atoms with E-state index in [1.54, 1.807) is 28.8 Å². The molecule has 1 atom stereocenters. The van der Waals surface area contributed by atoms with E-state index in [2.05, 4.69) is 4.98 Å². The summed E-state index contributed by atoms with van der Waals surface area (Å²) >= 11 is 0. The van der Waals surface area contributed by atoms with Gasteiger partial charge in [0.25, 0.3) is 5.56 Å². The van der Waals surface area contributed by atoms with Crippen LogP contribution in [-0.2, 0) is 0 Å². The number of aromatic nitrogens is 2. The van der Waals surface area contributed by atoms with Gasteiger partial charge in [-0.3, -0.25) is 9.59 Å². The number of nitrogens with zero attached hydrogens (tertiary/aromatic N) is 2. The first-order valence-corrected chi connectivity index (χ1v) is 8.36. The molecule has 0 saturated heterocycles. The molecule has 4 rings (SSSR count). The molecule has 0 fully saturated rings. The number of rotatable bonds is 4. The monoisotopic (exact) mass is 340 g/mol. The number of carbonyl (C=O) groups is 1. The molecule has 126 valence electrons. The van der Waals surface area contributed by atoms with Gasteiger partial charge in [0.1, 0.15) is 12.4 Å². The zero-order valence-electron chi connectivity index (χ0n) is 13.9. The number of fused-ring (bicyclic) bond motifs is 1. The molecule has 4 heteroatoms. The van der Waals surface area contributed by atoms with Crippen molar-refractivity contribution in [2.24, 2.45) is 0 Å². The summed E-state index contributed by atoms with van der Waals surface area (Å²) in [6.45, 7) is 0. The highest BCUT2D eigenvalue weighted by molar-refractivity contribution is 6.01. The van der Waals surface area contributed by atoms with Gasteiger partial charge in [-0.05, 0) is 17.7 Å². The Morgan fingerprint density at radius 3 is 2.15 bits per heavy atom. The van der Waals surface area contributed by atoms with Crippen LogP contribution in [0.3, 0.4) is 0 Å². The van der Waals surface area contributed by atoms with Gasteiger partial charge in [0.05, 0.1) is 10.9 Å². The third-order valence-electron chi connectivity index (χ3n) is 4.41. The highest BCUT2D eigenvalue weighted by atomic mass is 16.1. The van der Waals surface area contributed by atoms with Crippen molar-refractivity contribution in [1.82, 2.24) is 9.55 Å². The number of hydrogen-bond donors (Lipinski definition) is 0. The van der Waals surface area contributed by atoms with Gasteiger partial charge < -0.3 is 4.57 Å². The van der Waals surface area contributed by atoms with E-state index >= 15 is 0 Å². The van der Waals surface area contributed by atoms with E-state index < -0.39 is 6.04 Å². The van der Waals surface area contributed by atoms with Crippen LogP contribution < -0.4 is 5.56 Å². The van der Waals surface area contributed by atoms with E-state index in [-0.39, 0.29) is 11.3 Å². The summed E-state index contributed by atoms with van der Waals surface area (Å²) < 4.78 is 1.78. The van der Waals surface area contributed by atoms with Gasteiger partial charge in [-0.15, -0.1) is 0 Å². The molecule has 0 aliphatic carbocycles. The first kappa shape index (κ1) is 16.0. The highest BCUT2D eigenvalue weighted by Crippen LogP contribution is 2.26. The summed E-state index contributed by atoms with van der Waals surface area (Å²) in [5.74, 6) is -0.0487. The molecule has 0 saturated carbocycles. The number of ketones is 1. The van der Waals surface area contributed by atoms with Crippen LogP contribution in [0.1, 0.15) is 22.0 Å². The Labute approximate surface area is 150 Å². The fourth-order valence-corrected chi connectivity index (χ4v) is 3.17. The molecular formula is C22H16N2O2. The van der Waals surface area contributed by atoms with Crippen molar-refractivity contribution in [3.05, 3.63) is 113 Å². The molecule has 3 aromatic carbocycles. The summed E-state index contributed by atoms with van der Waals surface area (Å²) in [7, 11) is 0. The predicted molar refractivity (Wildman–Crippen MR) is 101 cm³/mol. The molecule has 0 aliphatic heterocycles. The maximum atomic E-state index is 13.3. The van der Waals surface area contributed by atoms with Crippen LogP contribution >= 0.6 is 0 Å². The Morgan fingerprint density at radius 1 is 0.808 bits per heavy atom. The van der Waals surface area contributed by atoms with E-state index in [9.17, 15) is 9.59 Å². The molecule has 0 spiro atoms. The highest BCUT2D eigenvalue weighted by Gasteiger charge is 2.25. The average Bonchev–Trinajstić information content (AvgIpc) is 2.71. The number of para-hydroxylation sites is 1. The standard InChI is InChI=1S/C22H16N2O2/c25-21(17-11-5-2-6-12-17)20(16-9-3-1-4-10-16)24-15-23-22(26)18-13-7-8-14-19(18)24/h1-15,20H. The molecular weight excluding hydrogens is 324 g/mol. The van der Waals surface area contributed by atoms with Gasteiger partial charge in [-0.2, -0.15) is 4.98 Å². The topological polar surface area (TPSA) is 52.0 Å². The fourth-order valence-electron chi connectivity index (χ4n) is 3.17. The van der Waals surface area contributed by atoms with E-state index in [0.717, 1.165) is 5.56 Å². The minimum atomic E-state index is -0.600. The number of Topliss-reactive ketones (excluding diaryl/α,β-unsaturated/α-hetero) is 1. The maximum Gasteiger partial charge on any atom is 0.280 e. The fraction of sp³-hybridized carbons (Fsp3) is 0.0455. The molecule has 0 radical (unpaired) electrons. The molecule has 0 N–H and O–H groups in total. The lowest BCUT2D eigenvalue weighted by Crippen LogP contribution is -2.24. The van der Waals surface area contributed by atoms with Crippen LogP contribution in [0.2, 0.25) is 0 Å². The van der Waals surface area contributed by atoms with Crippen molar-refractivity contribution in [3.63, 3.8) is 0 Å². The summed E-state index contributed by atoms with van der Waals surface area (Å²) in [6, 6.07) is 25.3. The third-order valence-corrected chi connectivity index (χ3v) is 4.41. The van der Waals surface area contributed by atoms with Crippen molar-refractivity contribution in [2.75, 3.05) is 0 Å². The molecule has 0 bridgehead atoms. The summed E-state index contributed by atoms with van der Waals surface area (Å²) in [4.78, 5) is 29.5. The molecule has 26 heavy (non-hydrogen) atoms. The normalized spacial score (nSPS) is 12.0. The molecule has 4 aromatic rings. The van der Waals surface area contributed by atoms with Gasteiger partial charge in [0, 0.05) is 5.56 Å². The zero-order valence-corrected chi connectivity index (χ0v) is 13.9. The van der Waals surface area contributed by atoms with Crippen molar-refractivity contribution >= 4 is 16.7 Å². The number of hydrogen-bond acceptors (Lipinski definition) is 3. The third kappa shape index (κ3) is 2.82. The second-order valence-electron chi connectivity index (χ2n) is 6.02. The number of carbonyl (C=O) groups excluding carboxylic acids is 1. The predicted octanol–water partition coefficient (Wildman–Crippen LogP) is 3.87. The zero-order chi connectivity index (χ0) is 17.9. The second-order valence-corrected chi connectivity index (χ2v) is 6.02. The lowest BCUT2D eigenvalue weighted by atomic mass is 9.96. The van der Waals surface area contributed by atoms with Crippen LogP contribution in [0, 0.1) is 0 Å². The Kier molecular flexibility index (Phi) is 4.15. The first-order valence-electron chi connectivity index (χ1n) is 8.36. The van der Waals surface area contributed by atoms with Crippen molar-refractivity contribution < 1.29 is 4.79 Å². The smallest absolute Gasteiger partial charge is 0.280 e. The first-order chi connectivity index (χ1) is 12.8. The van der Waals surface area contributed by atoms with Crippen molar-refractivity contribution in [2.45, 2.75) is 6.04 Å². The Balaban J connectivity index is 1.97. The average molecular weight is 340 g/mol. The van der Waals surface area contributed by atoms with E-state index in [1.807, 2.05) is 60.7 Å². The van der Waals surface area contributed by atoms with Crippen LogP contribution in [0.15, 0.2) is 96.1 Å². The minimum Gasteiger partial charge on any atom is -0.316 e. The van der Waals surface area contributed by atoms with Gasteiger partial charge >= 0.3 is 0 Å². The van der Waals surface area contributed by atoms with Crippen molar-refractivity contribution in [3.8, 4) is 0 Å². The number of benzene rings is 3. The van der Waals surface area contributed by atoms with Gasteiger partial charge in [0.15, 0.2) is 5.78 Å². The van der Waals surface area contributed by atoms with Crippen LogP contribution in [-0.4, -0.2) is 15.3 Å². The quantitative estimate of drug-likeness (QED) is 0.530. The Bertz CT molecular complexity index is 1120. The molecule has 0 aliphatic rings. The van der Waals surface area contributed by atoms with Crippen LogP contribution in [0.25, 0.3) is 10.9 Å². The molecule has 1 unspecified atom stereocenters. The lowest BCUT2D eigenvalue weighted by Gasteiger charge is -2.21. The largest absolute Gasteiger partial charge is 0.316 e. The lowest BCUT2D eigenvalue weighted by molar-refractivity contribution is 0.0947. The summed E-state index contributed by atoms with van der Waals surface area (Å²) in [6.07, 6.45) is 1.46. The van der Waals surface area contributed by atoms with Crippen LogP contribution in [0.5, 0.6) is 0 Å². The summed E-state index contributed by atoms with van der Waals surface area (Å²) in [5, 5.41) is 0.497. The maximum absolute atomic E-state index is 13.3. The Hall–Kier alpha value is -3.53. The SMILES string of the molecule is O=C(c1ccccc1)C(c1ccccc1)n1cnc(=O)c2ccccc21. The van der Waals surface area contributed by atoms with E-state index in [0.29, 0.717) is 16.5 Å². The van der Waals surface area contributed by atoms with E-state index in [1.165, 1.54) is 6.33 Å². The second kappa shape index (κ2) is 6.76. The van der Waals surface area contributed by atoms with Crippen LogP contribution in [0.4, 0.5) is 0 Å². The molecule has 4 nitrogen and oxygen atoms in total. The van der Waals surface area contributed by atoms with Crippen molar-refractivity contribution in [1.29, 1.82) is 0 Å². The van der Waals surface area contributed by atoms with Gasteiger partial charge in [-0.25, -0.2) is 0 Å². The minimum absolute atomic E-state index is 0.0487. The summed E-state index contributed by atoms with van der Waals surface area (Å²) in [5.41, 5.74) is 1.85. The Morgan fingerprint density at radius 2 is 1.42 bits per heavy atom. The van der Waals surface area contributed by atoms with Gasteiger partial charge in [-0.1, -0.05) is 72.8 Å². The molecule has 0 amide bonds. The van der Waals surface area contributed by atoms with Gasteiger partial charge in [0.2, 0.25) is 0 Å². The van der Waals surface area contributed by atoms with E-state index in [4.69, 9.17) is 0 Å². The molecule has 1 heterocycles.